The minimum absolute atomic E-state index is 0.0526. The van der Waals surface area contributed by atoms with Gasteiger partial charge in [0.15, 0.2) is 0 Å². The lowest BCUT2D eigenvalue weighted by Gasteiger charge is -2.16. The SMILES string of the molecule is CC(C)(C)C(=O)ONS(=O)(=O)c1ccccc1Cl. The van der Waals surface area contributed by atoms with E-state index in [0.29, 0.717) is 0 Å². The van der Waals surface area contributed by atoms with Crippen molar-refractivity contribution in [2.75, 3.05) is 0 Å². The first kappa shape index (κ1) is 14.9. The van der Waals surface area contributed by atoms with Gasteiger partial charge in [-0.15, -0.1) is 0 Å². The fourth-order valence-corrected chi connectivity index (χ4v) is 2.25. The number of hydrogen-bond donors (Lipinski definition) is 1. The smallest absolute Gasteiger partial charge is 0.331 e. The molecule has 0 spiro atoms. The number of hydrogen-bond acceptors (Lipinski definition) is 4. The third-order valence-electron chi connectivity index (χ3n) is 1.98. The lowest BCUT2D eigenvalue weighted by atomic mass is 9.98. The Morgan fingerprint density at radius 1 is 1.28 bits per heavy atom. The Kier molecular flexibility index (Phi) is 4.37. The molecule has 100 valence electrons. The van der Waals surface area contributed by atoms with Gasteiger partial charge in [-0.2, -0.15) is 0 Å². The van der Waals surface area contributed by atoms with Gasteiger partial charge in [0.2, 0.25) is 0 Å². The molecule has 1 N–H and O–H groups in total. The highest BCUT2D eigenvalue weighted by molar-refractivity contribution is 7.89. The Morgan fingerprint density at radius 2 is 1.83 bits per heavy atom. The molecule has 0 saturated carbocycles. The molecule has 0 aliphatic carbocycles. The van der Waals surface area contributed by atoms with Crippen LogP contribution in [-0.2, 0) is 19.7 Å². The van der Waals surface area contributed by atoms with E-state index in [9.17, 15) is 13.2 Å². The third kappa shape index (κ3) is 3.69. The topological polar surface area (TPSA) is 72.5 Å². The summed E-state index contributed by atoms with van der Waals surface area (Å²) in [6, 6.07) is 5.87. The van der Waals surface area contributed by atoms with Gasteiger partial charge in [0, 0.05) is 0 Å². The lowest BCUT2D eigenvalue weighted by Crippen LogP contribution is -2.33. The number of halogens is 1. The number of nitrogens with one attached hydrogen (secondary N) is 1. The maximum absolute atomic E-state index is 11.8. The van der Waals surface area contributed by atoms with Gasteiger partial charge < -0.3 is 4.84 Å². The standard InChI is InChI=1S/C11H14ClNO4S/c1-11(2,3)10(14)17-13-18(15,16)9-7-5-4-6-8(9)12/h4-7,13H,1-3H3. The van der Waals surface area contributed by atoms with E-state index in [-0.39, 0.29) is 9.92 Å². The van der Waals surface area contributed by atoms with Crippen LogP contribution in [0.1, 0.15) is 20.8 Å². The fourth-order valence-electron chi connectivity index (χ4n) is 0.953. The zero-order valence-corrected chi connectivity index (χ0v) is 11.8. The molecular formula is C11H14ClNO4S. The molecule has 0 aromatic heterocycles. The number of carbonyl (C=O) groups excluding carboxylic acids is 1. The highest BCUT2D eigenvalue weighted by atomic mass is 35.5. The maximum atomic E-state index is 11.8. The molecule has 1 aromatic carbocycles. The van der Waals surface area contributed by atoms with E-state index in [1.807, 2.05) is 0 Å². The van der Waals surface area contributed by atoms with Crippen LogP contribution >= 0.6 is 11.6 Å². The molecule has 0 unspecified atom stereocenters. The first-order valence-corrected chi connectivity index (χ1v) is 6.98. The molecule has 0 bridgehead atoms. The number of sulfonamides is 1. The number of benzene rings is 1. The molecule has 7 heteroatoms. The molecule has 0 aliphatic heterocycles. The molecule has 0 radical (unpaired) electrons. The van der Waals surface area contributed by atoms with Gasteiger partial charge >= 0.3 is 5.97 Å². The van der Waals surface area contributed by atoms with Gasteiger partial charge in [-0.3, -0.25) is 0 Å². The summed E-state index contributed by atoms with van der Waals surface area (Å²) in [5.41, 5.74) is -0.803. The summed E-state index contributed by atoms with van der Waals surface area (Å²) < 4.78 is 23.6. The van der Waals surface area contributed by atoms with Crippen LogP contribution in [0.3, 0.4) is 0 Å². The van der Waals surface area contributed by atoms with Crippen LogP contribution in [0.4, 0.5) is 0 Å². The lowest BCUT2D eigenvalue weighted by molar-refractivity contribution is -0.156. The zero-order valence-electron chi connectivity index (χ0n) is 10.2. The normalized spacial score (nSPS) is 12.2. The quantitative estimate of drug-likeness (QED) is 0.866. The van der Waals surface area contributed by atoms with E-state index in [1.54, 1.807) is 31.7 Å². The molecule has 5 nitrogen and oxygen atoms in total. The van der Waals surface area contributed by atoms with Crippen molar-refractivity contribution in [1.82, 2.24) is 4.89 Å². The Labute approximate surface area is 111 Å². The zero-order chi connectivity index (χ0) is 14.0. The monoisotopic (exact) mass is 291 g/mol. The summed E-state index contributed by atoms with van der Waals surface area (Å²) in [6.07, 6.45) is 0. The van der Waals surface area contributed by atoms with Crippen molar-refractivity contribution < 1.29 is 18.0 Å². The van der Waals surface area contributed by atoms with Crippen molar-refractivity contribution in [3.63, 3.8) is 0 Å². The molecule has 1 rings (SSSR count). The first-order chi connectivity index (χ1) is 8.14. The summed E-state index contributed by atoms with van der Waals surface area (Å²) in [5, 5.41) is 0.0526. The molecule has 0 amide bonds. The van der Waals surface area contributed by atoms with Crippen LogP contribution in [0.15, 0.2) is 29.2 Å². The van der Waals surface area contributed by atoms with Crippen LogP contribution < -0.4 is 4.89 Å². The second kappa shape index (κ2) is 5.26. The van der Waals surface area contributed by atoms with E-state index in [0.717, 1.165) is 0 Å². The predicted molar refractivity (Wildman–Crippen MR) is 67.3 cm³/mol. The Balaban J connectivity index is 2.85. The highest BCUT2D eigenvalue weighted by Crippen LogP contribution is 2.21. The van der Waals surface area contributed by atoms with Crippen molar-refractivity contribution in [2.24, 2.45) is 5.41 Å². The molecule has 0 fully saturated rings. The molecule has 0 heterocycles. The van der Waals surface area contributed by atoms with Gasteiger partial charge in [0.05, 0.1) is 10.4 Å². The van der Waals surface area contributed by atoms with Crippen molar-refractivity contribution in [1.29, 1.82) is 0 Å². The molecule has 1 aromatic rings. The van der Waals surface area contributed by atoms with Gasteiger partial charge in [0.1, 0.15) is 4.90 Å². The largest absolute Gasteiger partial charge is 0.355 e. The van der Waals surface area contributed by atoms with Gasteiger partial charge in [-0.05, 0) is 37.8 Å². The van der Waals surface area contributed by atoms with E-state index in [2.05, 4.69) is 4.84 Å². The molecule has 0 atom stereocenters. The Hall–Kier alpha value is -1.11. The second-order valence-electron chi connectivity index (χ2n) is 4.66. The van der Waals surface area contributed by atoms with E-state index < -0.39 is 21.4 Å². The first-order valence-electron chi connectivity index (χ1n) is 5.12. The minimum Gasteiger partial charge on any atom is -0.355 e. The molecule has 0 saturated heterocycles. The van der Waals surface area contributed by atoms with Crippen LogP contribution in [0, 0.1) is 5.41 Å². The van der Waals surface area contributed by atoms with Crippen molar-refractivity contribution >= 4 is 27.6 Å². The van der Waals surface area contributed by atoms with Crippen LogP contribution in [0.2, 0.25) is 5.02 Å². The van der Waals surface area contributed by atoms with Crippen LogP contribution in [0.5, 0.6) is 0 Å². The molecular weight excluding hydrogens is 278 g/mol. The maximum Gasteiger partial charge on any atom is 0.331 e. The Morgan fingerprint density at radius 3 is 2.33 bits per heavy atom. The van der Waals surface area contributed by atoms with Gasteiger partial charge in [-0.25, -0.2) is 13.2 Å². The van der Waals surface area contributed by atoms with Crippen LogP contribution in [0.25, 0.3) is 0 Å². The van der Waals surface area contributed by atoms with Crippen molar-refractivity contribution in [2.45, 2.75) is 25.7 Å². The second-order valence-corrected chi connectivity index (χ2v) is 6.68. The third-order valence-corrected chi connectivity index (χ3v) is 3.66. The van der Waals surface area contributed by atoms with Crippen molar-refractivity contribution in [3.05, 3.63) is 29.3 Å². The Bertz CT molecular complexity index is 548. The van der Waals surface area contributed by atoms with E-state index in [1.165, 1.54) is 18.2 Å². The fraction of sp³-hybridized carbons (Fsp3) is 0.364. The average Bonchev–Trinajstić information content (AvgIpc) is 2.25. The summed E-state index contributed by atoms with van der Waals surface area (Å²) in [6.45, 7) is 4.83. The van der Waals surface area contributed by atoms with Gasteiger partial charge in [0.25, 0.3) is 10.0 Å². The molecule has 18 heavy (non-hydrogen) atoms. The highest BCUT2D eigenvalue weighted by Gasteiger charge is 2.26. The summed E-state index contributed by atoms with van der Waals surface area (Å²) >= 11 is 5.75. The van der Waals surface area contributed by atoms with Crippen LogP contribution in [-0.4, -0.2) is 14.4 Å². The minimum atomic E-state index is -3.97. The average molecular weight is 292 g/mol. The molecule has 0 aliphatic rings. The number of rotatable bonds is 3. The number of carbonyl (C=O) groups is 1. The van der Waals surface area contributed by atoms with E-state index in [4.69, 9.17) is 11.6 Å². The summed E-state index contributed by atoms with van der Waals surface area (Å²) in [5.74, 6) is -0.682. The summed E-state index contributed by atoms with van der Waals surface area (Å²) in [4.78, 5) is 17.6. The summed E-state index contributed by atoms with van der Waals surface area (Å²) in [7, 11) is -3.97. The van der Waals surface area contributed by atoms with Crippen molar-refractivity contribution in [3.8, 4) is 0 Å². The van der Waals surface area contributed by atoms with Gasteiger partial charge in [-0.1, -0.05) is 23.7 Å². The van der Waals surface area contributed by atoms with E-state index >= 15 is 0 Å². The predicted octanol–water partition coefficient (Wildman–Crippen LogP) is 2.12.